The van der Waals surface area contributed by atoms with Crippen molar-refractivity contribution in [1.29, 1.82) is 0 Å². The van der Waals surface area contributed by atoms with Crippen molar-refractivity contribution < 1.29 is 4.79 Å². The molecule has 2 N–H and O–H groups in total. The topological polar surface area (TPSA) is 62.7 Å². The summed E-state index contributed by atoms with van der Waals surface area (Å²) in [4.78, 5) is 12.4. The van der Waals surface area contributed by atoms with E-state index < -0.39 is 0 Å². The Labute approximate surface area is 125 Å². The molecule has 0 radical (unpaired) electrons. The summed E-state index contributed by atoms with van der Waals surface area (Å²) < 4.78 is 2.97. The van der Waals surface area contributed by atoms with Crippen LogP contribution in [0.5, 0.6) is 0 Å². The first kappa shape index (κ1) is 13.4. The van der Waals surface area contributed by atoms with Crippen molar-refractivity contribution in [3.8, 4) is 0 Å². The van der Waals surface area contributed by atoms with Crippen LogP contribution in [0.25, 0.3) is 0 Å². The van der Waals surface area contributed by atoms with E-state index in [2.05, 4.69) is 45.3 Å². The van der Waals surface area contributed by atoms with Gasteiger partial charge in [-0.15, -0.1) is 0 Å². The van der Waals surface area contributed by atoms with Gasteiger partial charge in [-0.05, 0) is 40.8 Å². The Hall–Kier alpha value is -1.56. The smallest absolute Gasteiger partial charge is 0.273 e. The van der Waals surface area contributed by atoms with E-state index in [1.165, 1.54) is 0 Å². The van der Waals surface area contributed by atoms with Crippen LogP contribution in [0.15, 0.2) is 22.8 Å². The highest BCUT2D eigenvalue weighted by Gasteiger charge is 2.28. The lowest BCUT2D eigenvalue weighted by Gasteiger charge is -2.06. The molecule has 0 unspecified atom stereocenters. The summed E-state index contributed by atoms with van der Waals surface area (Å²) in [6.07, 6.45) is 4.25. The molecule has 2 aromatic rings. The molecule has 1 aliphatic carbocycles. The molecule has 1 saturated carbocycles. The van der Waals surface area contributed by atoms with Gasteiger partial charge in [-0.2, -0.15) is 5.10 Å². The average molecular weight is 337 g/mol. The molecule has 0 spiro atoms. The monoisotopic (exact) mass is 336 g/mol. The molecule has 0 aromatic carbocycles. The Morgan fingerprint density at radius 2 is 2.25 bits per heavy atom. The van der Waals surface area contributed by atoms with E-state index in [1.807, 2.05) is 22.9 Å². The fourth-order valence-electron chi connectivity index (χ4n) is 2.16. The number of carbonyl (C=O) groups excluding carboxylic acids is 1. The van der Waals surface area contributed by atoms with Gasteiger partial charge in [0.05, 0.1) is 0 Å². The summed E-state index contributed by atoms with van der Waals surface area (Å²) in [5.41, 5.74) is 1.69. The Bertz CT molecular complexity index is 639. The quantitative estimate of drug-likeness (QED) is 0.894. The van der Waals surface area contributed by atoms with E-state index in [1.54, 1.807) is 0 Å². The number of halogens is 1. The summed E-state index contributed by atoms with van der Waals surface area (Å²) in [5, 5.41) is 9.91. The van der Waals surface area contributed by atoms with Crippen LogP contribution in [-0.4, -0.2) is 20.7 Å². The van der Waals surface area contributed by atoms with Crippen LogP contribution in [0.4, 0.5) is 5.82 Å². The molecule has 1 fully saturated rings. The lowest BCUT2D eigenvalue weighted by atomic mass is 10.1. The van der Waals surface area contributed by atoms with Gasteiger partial charge in [0.1, 0.15) is 5.69 Å². The van der Waals surface area contributed by atoms with Crippen molar-refractivity contribution in [2.45, 2.75) is 38.6 Å². The molecule has 5 nitrogen and oxygen atoms in total. The molecule has 3 rings (SSSR count). The van der Waals surface area contributed by atoms with Gasteiger partial charge in [0.2, 0.25) is 0 Å². The summed E-state index contributed by atoms with van der Waals surface area (Å²) in [6, 6.07) is 4.19. The number of anilines is 1. The van der Waals surface area contributed by atoms with Gasteiger partial charge in [0.15, 0.2) is 5.82 Å². The molecule has 6 heteroatoms. The number of nitrogens with zero attached hydrogens (tertiary/aromatic N) is 2. The third kappa shape index (κ3) is 2.65. The van der Waals surface area contributed by atoms with Crippen LogP contribution < -0.4 is 5.32 Å². The zero-order valence-corrected chi connectivity index (χ0v) is 13.1. The largest absolute Gasteiger partial charge is 0.339 e. The first-order valence-corrected chi connectivity index (χ1v) is 7.58. The predicted octanol–water partition coefficient (Wildman–Crippen LogP) is 3.68. The van der Waals surface area contributed by atoms with E-state index >= 15 is 0 Å². The molecule has 0 aliphatic heterocycles. The minimum Gasteiger partial charge on any atom is -0.339 e. The van der Waals surface area contributed by atoms with E-state index in [0.717, 1.165) is 23.0 Å². The molecule has 0 atom stereocenters. The number of aromatic nitrogens is 3. The highest BCUT2D eigenvalue weighted by atomic mass is 79.9. The van der Waals surface area contributed by atoms with Crippen LogP contribution in [0.1, 0.15) is 54.8 Å². The van der Waals surface area contributed by atoms with E-state index in [0.29, 0.717) is 23.5 Å². The van der Waals surface area contributed by atoms with Crippen molar-refractivity contribution in [2.75, 3.05) is 5.32 Å². The highest BCUT2D eigenvalue weighted by Crippen LogP contribution is 2.37. The molecule has 1 amide bonds. The molecule has 1 aliphatic rings. The zero-order chi connectivity index (χ0) is 14.3. The van der Waals surface area contributed by atoms with Crippen molar-refractivity contribution in [1.82, 2.24) is 14.8 Å². The number of rotatable bonds is 4. The third-order valence-corrected chi connectivity index (χ3v) is 3.88. The number of nitrogens with one attached hydrogen (secondary N) is 2. The lowest BCUT2D eigenvalue weighted by molar-refractivity contribution is 0.101. The molecule has 2 aromatic heterocycles. The standard InChI is InChI=1S/C14H17BrN4O/c1-8(2)11-6-13(18-17-11)16-14(20)12-5-9(15)7-19(12)10-3-4-10/h5-8,10H,3-4H2,1-2H3,(H2,16,17,18,20). The molecule has 2 heterocycles. The number of aromatic amines is 1. The van der Waals surface area contributed by atoms with Gasteiger partial charge in [-0.1, -0.05) is 13.8 Å². The SMILES string of the molecule is CC(C)c1cc(NC(=O)c2cc(Br)cn2C2CC2)n[nH]1. The minimum absolute atomic E-state index is 0.121. The number of hydrogen-bond donors (Lipinski definition) is 2. The van der Waals surface area contributed by atoms with Crippen LogP contribution in [0.2, 0.25) is 0 Å². The van der Waals surface area contributed by atoms with E-state index in [4.69, 9.17) is 0 Å². The van der Waals surface area contributed by atoms with Crippen LogP contribution in [0, 0.1) is 0 Å². The second-order valence-electron chi connectivity index (χ2n) is 5.50. The number of amides is 1. The van der Waals surface area contributed by atoms with Crippen LogP contribution in [0.3, 0.4) is 0 Å². The van der Waals surface area contributed by atoms with Gasteiger partial charge < -0.3 is 9.88 Å². The normalized spacial score (nSPS) is 14.8. The van der Waals surface area contributed by atoms with Gasteiger partial charge >= 0.3 is 0 Å². The van der Waals surface area contributed by atoms with Crippen molar-refractivity contribution in [3.05, 3.63) is 34.2 Å². The third-order valence-electron chi connectivity index (χ3n) is 3.45. The zero-order valence-electron chi connectivity index (χ0n) is 11.5. The molecule has 20 heavy (non-hydrogen) atoms. The Morgan fingerprint density at radius 3 is 2.85 bits per heavy atom. The molecular formula is C14H17BrN4O. The van der Waals surface area contributed by atoms with Crippen LogP contribution >= 0.6 is 15.9 Å². The second kappa shape index (κ2) is 5.09. The number of H-pyrrole nitrogens is 1. The number of hydrogen-bond acceptors (Lipinski definition) is 2. The van der Waals surface area contributed by atoms with Gasteiger partial charge in [0.25, 0.3) is 5.91 Å². The maximum absolute atomic E-state index is 12.4. The Balaban J connectivity index is 1.78. The fraction of sp³-hybridized carbons (Fsp3) is 0.429. The van der Waals surface area contributed by atoms with Crippen molar-refractivity contribution in [3.63, 3.8) is 0 Å². The van der Waals surface area contributed by atoms with E-state index in [-0.39, 0.29) is 5.91 Å². The molecule has 106 valence electrons. The summed E-state index contributed by atoms with van der Waals surface area (Å²) in [6.45, 7) is 4.16. The first-order chi connectivity index (χ1) is 9.54. The lowest BCUT2D eigenvalue weighted by Crippen LogP contribution is -2.16. The second-order valence-corrected chi connectivity index (χ2v) is 6.42. The Kier molecular flexibility index (Phi) is 3.41. The van der Waals surface area contributed by atoms with Crippen molar-refractivity contribution in [2.24, 2.45) is 0 Å². The summed E-state index contributed by atoms with van der Waals surface area (Å²) in [5.74, 6) is 0.806. The molecular weight excluding hydrogens is 320 g/mol. The average Bonchev–Trinajstić information content (AvgIpc) is 3.00. The van der Waals surface area contributed by atoms with Gasteiger partial charge in [-0.3, -0.25) is 9.89 Å². The highest BCUT2D eigenvalue weighted by molar-refractivity contribution is 9.10. The van der Waals surface area contributed by atoms with Crippen molar-refractivity contribution >= 4 is 27.7 Å². The van der Waals surface area contributed by atoms with Crippen LogP contribution in [-0.2, 0) is 0 Å². The summed E-state index contributed by atoms with van der Waals surface area (Å²) in [7, 11) is 0. The Morgan fingerprint density at radius 1 is 1.50 bits per heavy atom. The molecule has 0 bridgehead atoms. The van der Waals surface area contributed by atoms with Gasteiger partial charge in [-0.25, -0.2) is 0 Å². The van der Waals surface area contributed by atoms with E-state index in [9.17, 15) is 4.79 Å². The maximum Gasteiger partial charge on any atom is 0.273 e. The predicted molar refractivity (Wildman–Crippen MR) is 81.0 cm³/mol. The molecule has 0 saturated heterocycles. The fourth-order valence-corrected chi connectivity index (χ4v) is 2.60. The first-order valence-electron chi connectivity index (χ1n) is 6.78. The maximum atomic E-state index is 12.4. The minimum atomic E-state index is -0.121. The van der Waals surface area contributed by atoms with Gasteiger partial charge in [0, 0.05) is 28.5 Å². The number of carbonyl (C=O) groups is 1. The summed E-state index contributed by atoms with van der Waals surface area (Å²) >= 11 is 3.43.